The summed E-state index contributed by atoms with van der Waals surface area (Å²) in [6.45, 7) is 8.15. The SMILES string of the molecule is C/C=C(\C=C/CC)CCc1nc2c(nc1NC(=O)CCc1ccccc1)CCc1cc(N=O)ccc1-2.CC. The fourth-order valence-electron chi connectivity index (χ4n) is 4.45. The molecule has 1 amide bonds. The Morgan fingerprint density at radius 3 is 2.53 bits per heavy atom. The molecule has 3 aromatic rings. The summed E-state index contributed by atoms with van der Waals surface area (Å²) >= 11 is 0. The second-order valence-electron chi connectivity index (χ2n) is 8.95. The number of aryl methyl sites for hydroxylation is 4. The van der Waals surface area contributed by atoms with Gasteiger partial charge < -0.3 is 5.32 Å². The van der Waals surface area contributed by atoms with Crippen molar-refractivity contribution in [2.24, 2.45) is 5.18 Å². The molecule has 0 radical (unpaired) electrons. The number of nitrogens with zero attached hydrogens (tertiary/aromatic N) is 3. The molecular formula is C32H38N4O2. The Morgan fingerprint density at radius 2 is 1.82 bits per heavy atom. The number of anilines is 1. The van der Waals surface area contributed by atoms with Crippen LogP contribution >= 0.6 is 0 Å². The fraction of sp³-hybridized carbons (Fsp3) is 0.344. The number of aromatic nitrogens is 2. The van der Waals surface area contributed by atoms with Gasteiger partial charge in [0.15, 0.2) is 5.82 Å². The molecule has 0 unspecified atom stereocenters. The molecule has 6 nitrogen and oxygen atoms in total. The summed E-state index contributed by atoms with van der Waals surface area (Å²) < 4.78 is 0. The monoisotopic (exact) mass is 510 g/mol. The Balaban J connectivity index is 0.00000195. The molecule has 0 atom stereocenters. The minimum atomic E-state index is -0.0654. The lowest BCUT2D eigenvalue weighted by molar-refractivity contribution is -0.116. The first-order valence-electron chi connectivity index (χ1n) is 13.6. The van der Waals surface area contributed by atoms with Crippen LogP contribution in [-0.4, -0.2) is 15.9 Å². The average Bonchev–Trinajstić information content (AvgIpc) is 2.97. The van der Waals surface area contributed by atoms with Crippen LogP contribution in [0.1, 0.15) is 69.5 Å². The Hall–Kier alpha value is -3.93. The van der Waals surface area contributed by atoms with Crippen LogP contribution in [0.3, 0.4) is 0 Å². The molecule has 0 saturated carbocycles. The lowest BCUT2D eigenvalue weighted by Crippen LogP contribution is -2.19. The molecule has 6 heteroatoms. The van der Waals surface area contributed by atoms with Crippen molar-refractivity contribution in [2.45, 2.75) is 72.6 Å². The molecule has 0 saturated heterocycles. The maximum atomic E-state index is 12.9. The van der Waals surface area contributed by atoms with Gasteiger partial charge in [-0.1, -0.05) is 81.0 Å². The van der Waals surface area contributed by atoms with Crippen molar-refractivity contribution in [3.05, 3.63) is 99.8 Å². The summed E-state index contributed by atoms with van der Waals surface area (Å²) in [5.74, 6) is 0.487. The van der Waals surface area contributed by atoms with E-state index in [0.717, 1.165) is 53.0 Å². The van der Waals surface area contributed by atoms with E-state index in [1.165, 1.54) is 5.57 Å². The molecule has 0 fully saturated rings. The van der Waals surface area contributed by atoms with Gasteiger partial charge in [-0.25, -0.2) is 9.97 Å². The van der Waals surface area contributed by atoms with Crippen LogP contribution in [0.4, 0.5) is 11.5 Å². The highest BCUT2D eigenvalue weighted by molar-refractivity contribution is 5.90. The number of fused-ring (bicyclic) bond motifs is 3. The van der Waals surface area contributed by atoms with E-state index in [2.05, 4.69) is 35.6 Å². The molecule has 0 spiro atoms. The zero-order valence-corrected chi connectivity index (χ0v) is 23.0. The minimum absolute atomic E-state index is 0.0654. The molecule has 1 aliphatic carbocycles. The van der Waals surface area contributed by atoms with E-state index < -0.39 is 0 Å². The maximum Gasteiger partial charge on any atom is 0.225 e. The maximum absolute atomic E-state index is 12.9. The number of hydrogen-bond acceptors (Lipinski definition) is 5. The fourth-order valence-corrected chi connectivity index (χ4v) is 4.45. The van der Waals surface area contributed by atoms with Crippen LogP contribution in [0.25, 0.3) is 11.3 Å². The number of rotatable bonds is 10. The Morgan fingerprint density at radius 1 is 1.03 bits per heavy atom. The quantitative estimate of drug-likeness (QED) is 0.221. The lowest BCUT2D eigenvalue weighted by Gasteiger charge is -2.21. The number of carbonyl (C=O) groups excluding carboxylic acids is 1. The Labute approximate surface area is 226 Å². The molecule has 0 bridgehead atoms. The van der Waals surface area contributed by atoms with Crippen LogP contribution in [0.2, 0.25) is 0 Å². The van der Waals surface area contributed by atoms with E-state index in [0.29, 0.717) is 37.2 Å². The smallest absolute Gasteiger partial charge is 0.225 e. The highest BCUT2D eigenvalue weighted by Crippen LogP contribution is 2.35. The number of nitrogens with one attached hydrogen (secondary N) is 1. The standard InChI is InChI=1S/C30H32N4O2.C2H6/c1-3-5-9-21(4-2)12-17-27-30(33-28(35)19-13-22-10-7-6-8-11-22)32-26-18-14-23-20-24(34-36)15-16-25(23)29(26)31-27;1-2/h4-11,15-16,20H,3,12-14,17-19H2,1-2H3,(H,32,33,35);1-2H3/b9-5-,21-4+;. The number of amides is 1. The van der Waals surface area contributed by atoms with Gasteiger partial charge in [0.05, 0.1) is 17.1 Å². The summed E-state index contributed by atoms with van der Waals surface area (Å²) in [5, 5.41) is 6.13. The van der Waals surface area contributed by atoms with Crippen molar-refractivity contribution in [3.8, 4) is 11.3 Å². The molecule has 0 aliphatic heterocycles. The minimum Gasteiger partial charge on any atom is -0.309 e. The predicted octanol–water partition coefficient (Wildman–Crippen LogP) is 8.08. The van der Waals surface area contributed by atoms with Gasteiger partial charge in [0.1, 0.15) is 5.69 Å². The van der Waals surface area contributed by atoms with Gasteiger partial charge >= 0.3 is 0 Å². The van der Waals surface area contributed by atoms with E-state index in [4.69, 9.17) is 9.97 Å². The number of hydrogen-bond donors (Lipinski definition) is 1. The zero-order chi connectivity index (χ0) is 27.3. The lowest BCUT2D eigenvalue weighted by atomic mass is 9.91. The number of allylic oxidation sites excluding steroid dienone is 4. The normalized spacial score (nSPS) is 12.3. The van der Waals surface area contributed by atoms with Crippen LogP contribution in [0.15, 0.2) is 77.5 Å². The van der Waals surface area contributed by atoms with Crippen molar-refractivity contribution >= 4 is 17.4 Å². The van der Waals surface area contributed by atoms with Gasteiger partial charge in [0, 0.05) is 12.0 Å². The van der Waals surface area contributed by atoms with Gasteiger partial charge in [-0.05, 0) is 73.9 Å². The van der Waals surface area contributed by atoms with Crippen molar-refractivity contribution in [2.75, 3.05) is 5.32 Å². The summed E-state index contributed by atoms with van der Waals surface area (Å²) in [6, 6.07) is 15.5. The van der Waals surface area contributed by atoms with Crippen molar-refractivity contribution < 1.29 is 4.79 Å². The highest BCUT2D eigenvalue weighted by Gasteiger charge is 2.23. The first-order chi connectivity index (χ1) is 18.6. The first kappa shape index (κ1) is 28.6. The van der Waals surface area contributed by atoms with E-state index in [9.17, 15) is 9.70 Å². The summed E-state index contributed by atoms with van der Waals surface area (Å²) in [7, 11) is 0. The van der Waals surface area contributed by atoms with Crippen LogP contribution in [0.5, 0.6) is 0 Å². The first-order valence-corrected chi connectivity index (χ1v) is 13.6. The third-order valence-electron chi connectivity index (χ3n) is 6.45. The second kappa shape index (κ2) is 14.7. The summed E-state index contributed by atoms with van der Waals surface area (Å²) in [4.78, 5) is 33.8. The van der Waals surface area contributed by atoms with Gasteiger partial charge in [0.2, 0.25) is 5.91 Å². The van der Waals surface area contributed by atoms with Gasteiger partial charge in [-0.2, -0.15) is 0 Å². The van der Waals surface area contributed by atoms with Crippen molar-refractivity contribution in [3.63, 3.8) is 0 Å². The van der Waals surface area contributed by atoms with Crippen molar-refractivity contribution in [1.29, 1.82) is 0 Å². The molecule has 38 heavy (non-hydrogen) atoms. The molecular weight excluding hydrogens is 472 g/mol. The molecule has 4 rings (SSSR count). The molecule has 1 heterocycles. The average molecular weight is 511 g/mol. The van der Waals surface area contributed by atoms with Crippen molar-refractivity contribution in [1.82, 2.24) is 9.97 Å². The number of nitroso groups, excluding NO2 is 1. The third kappa shape index (κ3) is 7.54. The predicted molar refractivity (Wildman–Crippen MR) is 157 cm³/mol. The van der Waals surface area contributed by atoms with E-state index in [1.54, 1.807) is 6.07 Å². The van der Waals surface area contributed by atoms with Crippen LogP contribution in [-0.2, 0) is 30.5 Å². The molecule has 1 N–H and O–H groups in total. The third-order valence-corrected chi connectivity index (χ3v) is 6.45. The van der Waals surface area contributed by atoms with E-state index in [1.807, 2.05) is 63.2 Å². The Kier molecular flexibility index (Phi) is 11.1. The summed E-state index contributed by atoms with van der Waals surface area (Å²) in [5.41, 5.74) is 7.29. The van der Waals surface area contributed by atoms with Crippen LogP contribution < -0.4 is 5.32 Å². The van der Waals surface area contributed by atoms with Gasteiger partial charge in [-0.3, -0.25) is 4.79 Å². The number of carbonyl (C=O) groups is 1. The van der Waals surface area contributed by atoms with Gasteiger partial charge in [0.25, 0.3) is 0 Å². The molecule has 1 aromatic heterocycles. The second-order valence-corrected chi connectivity index (χ2v) is 8.95. The zero-order valence-electron chi connectivity index (χ0n) is 23.0. The summed E-state index contributed by atoms with van der Waals surface area (Å²) in [6.07, 6.45) is 11.3. The van der Waals surface area contributed by atoms with Crippen LogP contribution in [0, 0.1) is 4.91 Å². The van der Waals surface area contributed by atoms with E-state index in [-0.39, 0.29) is 5.91 Å². The largest absolute Gasteiger partial charge is 0.309 e. The van der Waals surface area contributed by atoms with Gasteiger partial charge in [-0.15, -0.1) is 4.91 Å². The molecule has 198 valence electrons. The topological polar surface area (TPSA) is 84.3 Å². The highest BCUT2D eigenvalue weighted by atomic mass is 16.3. The number of benzene rings is 2. The molecule has 2 aromatic carbocycles. The Bertz CT molecular complexity index is 1300. The molecule has 1 aliphatic rings. The van der Waals surface area contributed by atoms with E-state index >= 15 is 0 Å².